The van der Waals surface area contributed by atoms with E-state index < -0.39 is 57.0 Å². The summed E-state index contributed by atoms with van der Waals surface area (Å²) in [4.78, 5) is 12.2. The number of hydrogen-bond donors (Lipinski definition) is 1. The second kappa shape index (κ2) is 11.0. The zero-order valence-electron chi connectivity index (χ0n) is 24.3. The minimum Gasteiger partial charge on any atom is -0.461 e. The summed E-state index contributed by atoms with van der Waals surface area (Å²) in [6.07, 6.45) is -4.40. The average Bonchev–Trinajstić information content (AvgIpc) is 3.63. The minimum absolute atomic E-state index is 0.0110. The Kier molecular flexibility index (Phi) is 7.37. The number of nitrogen functional groups attached to an aromatic ring is 1. The van der Waals surface area contributed by atoms with E-state index in [2.05, 4.69) is 9.97 Å². The van der Waals surface area contributed by atoms with Crippen LogP contribution < -0.4 is 15.4 Å². The van der Waals surface area contributed by atoms with Gasteiger partial charge in [0.2, 0.25) is 0 Å². The molecule has 2 aromatic carbocycles. The van der Waals surface area contributed by atoms with Crippen LogP contribution in [0.2, 0.25) is 0 Å². The maximum Gasteiger partial charge on any atom is 0.417 e. The molecule has 0 saturated carbocycles. The second-order valence-electron chi connectivity index (χ2n) is 12.0. The molecule has 4 aromatic rings. The summed E-state index contributed by atoms with van der Waals surface area (Å²) < 4.78 is 108. The molecular formula is C30H26F6N6O2S2. The predicted octanol–water partition coefficient (Wildman–Crippen LogP) is 5.78. The number of anilines is 2. The molecule has 3 saturated heterocycles. The van der Waals surface area contributed by atoms with Crippen molar-refractivity contribution in [1.82, 2.24) is 14.9 Å². The molecular weight excluding hydrogens is 654 g/mol. The van der Waals surface area contributed by atoms with Gasteiger partial charge in [-0.1, -0.05) is 6.07 Å². The van der Waals surface area contributed by atoms with Gasteiger partial charge in [-0.3, -0.25) is 9.11 Å². The van der Waals surface area contributed by atoms with Gasteiger partial charge in [-0.15, -0.1) is 11.3 Å². The highest BCUT2D eigenvalue weighted by molar-refractivity contribution is 7.86. The van der Waals surface area contributed by atoms with Crippen molar-refractivity contribution in [3.05, 3.63) is 41.0 Å². The van der Waals surface area contributed by atoms with Crippen LogP contribution in [0.3, 0.4) is 0 Å². The molecule has 2 unspecified atom stereocenters. The Balaban J connectivity index is 1.45. The Morgan fingerprint density at radius 1 is 1.28 bits per heavy atom. The third-order valence-corrected chi connectivity index (χ3v) is 11.8. The van der Waals surface area contributed by atoms with Gasteiger partial charge in [0, 0.05) is 58.7 Å². The summed E-state index contributed by atoms with van der Waals surface area (Å²) in [6.45, 7) is 0.942. The molecule has 3 aliphatic heterocycles. The van der Waals surface area contributed by atoms with Gasteiger partial charge < -0.3 is 15.4 Å². The maximum atomic E-state index is 16.8. The van der Waals surface area contributed by atoms with Gasteiger partial charge in [-0.25, -0.2) is 13.2 Å². The normalized spacial score (nSPS) is 24.7. The maximum absolute atomic E-state index is 16.8. The van der Waals surface area contributed by atoms with Gasteiger partial charge in [-0.05, 0) is 37.1 Å². The topological polar surface area (TPSA) is 108 Å². The average molecular weight is 681 g/mol. The van der Waals surface area contributed by atoms with Gasteiger partial charge in [0.15, 0.2) is 5.82 Å². The number of nitrogens with two attached hydrogens (primary N) is 1. The zero-order valence-corrected chi connectivity index (χ0v) is 25.9. The number of rotatable bonds is 6. The van der Waals surface area contributed by atoms with Gasteiger partial charge in [0.25, 0.3) is 0 Å². The first-order valence-corrected chi connectivity index (χ1v) is 16.7. The number of nitriles is 1. The molecule has 7 rings (SSSR count). The fourth-order valence-corrected chi connectivity index (χ4v) is 9.10. The standard InChI is InChI=1S/C30H26F6N6O2S2/c1-41(15-11-46(43)12-15)27-17-7-19(30(34,35)36)22(16-3-4-20(32)25-21(16)18(9-37)26(38)45-25)23(33)24(17)39-28(40-27)44-13-29-5-2-6-42(29)10-14(31)8-29/h3-4,7,14-15H,2,5-6,8,10-13,38H2,1H3. The molecule has 2 aromatic heterocycles. The monoisotopic (exact) mass is 680 g/mol. The summed E-state index contributed by atoms with van der Waals surface area (Å²) in [5, 5.41) is 9.12. The van der Waals surface area contributed by atoms with E-state index in [1.54, 1.807) is 13.1 Å². The van der Waals surface area contributed by atoms with Crippen LogP contribution in [0, 0.1) is 23.0 Å². The molecule has 5 heterocycles. The largest absolute Gasteiger partial charge is 0.461 e. The van der Waals surface area contributed by atoms with Crippen molar-refractivity contribution in [2.75, 3.05) is 48.9 Å². The van der Waals surface area contributed by atoms with E-state index in [1.807, 2.05) is 4.90 Å². The Bertz CT molecular complexity index is 1970. The van der Waals surface area contributed by atoms with Crippen LogP contribution in [0.1, 0.15) is 30.4 Å². The molecule has 8 nitrogen and oxygen atoms in total. The summed E-state index contributed by atoms with van der Waals surface area (Å²) >= 11 is 0.677. The molecule has 0 bridgehead atoms. The minimum atomic E-state index is -5.10. The van der Waals surface area contributed by atoms with Crippen LogP contribution in [-0.2, 0) is 17.0 Å². The van der Waals surface area contributed by atoms with E-state index in [0.717, 1.165) is 24.6 Å². The van der Waals surface area contributed by atoms with E-state index in [-0.39, 0.29) is 80.5 Å². The van der Waals surface area contributed by atoms with E-state index in [1.165, 1.54) is 4.90 Å². The number of thiophene rings is 1. The third-order valence-electron chi connectivity index (χ3n) is 9.26. The number of fused-ring (bicyclic) bond motifs is 3. The number of aromatic nitrogens is 2. The van der Waals surface area contributed by atoms with Crippen LogP contribution in [-0.4, -0.2) is 75.1 Å². The second-order valence-corrected chi connectivity index (χ2v) is 14.6. The van der Waals surface area contributed by atoms with E-state index in [0.29, 0.717) is 24.3 Å². The summed E-state index contributed by atoms with van der Waals surface area (Å²) in [7, 11) is 0.446. The quantitative estimate of drug-likeness (QED) is 0.256. The van der Waals surface area contributed by atoms with E-state index in [9.17, 15) is 31.4 Å². The van der Waals surface area contributed by atoms with Crippen LogP contribution >= 0.6 is 11.3 Å². The molecule has 3 fully saturated rings. The zero-order chi connectivity index (χ0) is 32.7. The van der Waals surface area contributed by atoms with Crippen LogP contribution in [0.15, 0.2) is 18.2 Å². The molecule has 0 aliphatic carbocycles. The Morgan fingerprint density at radius 2 is 2.04 bits per heavy atom. The van der Waals surface area contributed by atoms with E-state index >= 15 is 4.39 Å². The first-order chi connectivity index (χ1) is 21.8. The molecule has 46 heavy (non-hydrogen) atoms. The SMILES string of the molecule is CN(c1nc(OCC23CCCN2CC(F)C3)nc2c(F)c(-c3ccc(F)c4sc(N)c(C#N)c34)c(C(F)(F)F)cc12)C1CS(=O)C1. The van der Waals surface area contributed by atoms with Gasteiger partial charge in [0.1, 0.15) is 41.0 Å². The summed E-state index contributed by atoms with van der Waals surface area (Å²) in [5.74, 6) is -1.78. The smallest absolute Gasteiger partial charge is 0.417 e. The summed E-state index contributed by atoms with van der Waals surface area (Å²) in [5.41, 5.74) is 1.85. The molecule has 16 heteroatoms. The number of nitrogens with zero attached hydrogens (tertiary/aromatic N) is 5. The molecule has 2 N–H and O–H groups in total. The van der Waals surface area contributed by atoms with Crippen molar-refractivity contribution in [3.63, 3.8) is 0 Å². The first-order valence-electron chi connectivity index (χ1n) is 14.4. The fourth-order valence-electron chi connectivity index (χ4n) is 6.94. The lowest BCUT2D eigenvalue weighted by atomic mass is 9.92. The molecule has 0 amide bonds. The number of halogens is 6. The van der Waals surface area contributed by atoms with Crippen LogP contribution in [0.4, 0.5) is 37.2 Å². The fraction of sp³-hybridized carbons (Fsp3) is 0.433. The highest BCUT2D eigenvalue weighted by atomic mass is 32.2. The lowest BCUT2D eigenvalue weighted by Crippen LogP contribution is -2.49. The lowest BCUT2D eigenvalue weighted by Gasteiger charge is -2.35. The predicted molar refractivity (Wildman–Crippen MR) is 163 cm³/mol. The van der Waals surface area contributed by atoms with Gasteiger partial charge >= 0.3 is 12.2 Å². The Labute approximate surface area is 265 Å². The van der Waals surface area contributed by atoms with Crippen molar-refractivity contribution < 1.29 is 35.3 Å². The molecule has 0 spiro atoms. The lowest BCUT2D eigenvalue weighted by molar-refractivity contribution is -0.137. The number of alkyl halides is 4. The van der Waals surface area contributed by atoms with Gasteiger partial charge in [0.05, 0.1) is 27.4 Å². The number of benzene rings is 2. The highest BCUT2D eigenvalue weighted by Gasteiger charge is 2.49. The molecule has 2 atom stereocenters. The van der Waals surface area contributed by atoms with Crippen molar-refractivity contribution in [2.24, 2.45) is 0 Å². The molecule has 0 radical (unpaired) electrons. The number of ether oxygens (including phenoxy) is 1. The molecule has 3 aliphatic rings. The Hall–Kier alpha value is -3.68. The van der Waals surface area contributed by atoms with E-state index in [4.69, 9.17) is 10.5 Å². The van der Waals surface area contributed by atoms with Crippen molar-refractivity contribution >= 4 is 53.9 Å². The third kappa shape index (κ3) is 4.85. The number of hydrogen-bond acceptors (Lipinski definition) is 9. The van der Waals surface area contributed by atoms with Crippen LogP contribution in [0.5, 0.6) is 6.01 Å². The first kappa shape index (κ1) is 30.9. The highest BCUT2D eigenvalue weighted by Crippen LogP contribution is 2.48. The van der Waals surface area contributed by atoms with Crippen molar-refractivity contribution in [1.29, 1.82) is 5.26 Å². The van der Waals surface area contributed by atoms with Gasteiger partial charge in [-0.2, -0.15) is 28.4 Å². The van der Waals surface area contributed by atoms with Crippen LogP contribution in [0.25, 0.3) is 32.1 Å². The van der Waals surface area contributed by atoms with Crippen molar-refractivity contribution in [2.45, 2.75) is 43.2 Å². The van der Waals surface area contributed by atoms with Crippen molar-refractivity contribution in [3.8, 4) is 23.2 Å². The summed E-state index contributed by atoms with van der Waals surface area (Å²) in [6, 6.07) is 3.76. The molecule has 242 valence electrons. The Morgan fingerprint density at radius 3 is 2.74 bits per heavy atom.